The molecule has 0 aromatic rings. The van der Waals surface area contributed by atoms with E-state index in [1.165, 1.54) is 0 Å². The van der Waals surface area contributed by atoms with Crippen LogP contribution in [-0.4, -0.2) is 40.6 Å². The molecule has 0 saturated carbocycles. The molecule has 0 aromatic carbocycles. The molecule has 2 atom stereocenters. The Labute approximate surface area is 110 Å². The first-order valence-corrected chi connectivity index (χ1v) is 7.66. The molecule has 3 nitrogen and oxygen atoms in total. The van der Waals surface area contributed by atoms with Crippen molar-refractivity contribution in [3.8, 4) is 0 Å². The summed E-state index contributed by atoms with van der Waals surface area (Å²) in [4.78, 5) is 14.3. The minimum Gasteiger partial charge on any atom is -0.324 e. The number of hydrogen-bond donors (Lipinski definition) is 1. The summed E-state index contributed by atoms with van der Waals surface area (Å²) < 4.78 is 0.118. The van der Waals surface area contributed by atoms with Crippen LogP contribution in [0.4, 0.5) is 0 Å². The highest BCUT2D eigenvalue weighted by Crippen LogP contribution is 2.27. The summed E-state index contributed by atoms with van der Waals surface area (Å²) >= 11 is 1.82. The van der Waals surface area contributed by atoms with Crippen LogP contribution in [0.15, 0.2) is 0 Å². The Morgan fingerprint density at radius 3 is 2.47 bits per heavy atom. The third-order valence-electron chi connectivity index (χ3n) is 3.43. The van der Waals surface area contributed by atoms with Gasteiger partial charge in [-0.1, -0.05) is 20.8 Å². The van der Waals surface area contributed by atoms with Crippen molar-refractivity contribution in [2.24, 2.45) is 5.92 Å². The van der Waals surface area contributed by atoms with Crippen LogP contribution in [-0.2, 0) is 4.79 Å². The van der Waals surface area contributed by atoms with Crippen molar-refractivity contribution in [1.29, 1.82) is 0 Å². The lowest BCUT2D eigenvalue weighted by atomic mass is 10.1. The van der Waals surface area contributed by atoms with E-state index in [-0.39, 0.29) is 22.9 Å². The minimum atomic E-state index is 0.0139. The maximum atomic E-state index is 12.3. The zero-order valence-electron chi connectivity index (χ0n) is 11.9. The van der Waals surface area contributed by atoms with Gasteiger partial charge in [-0.2, -0.15) is 11.8 Å². The number of nitrogens with zero attached hydrogens (tertiary/aromatic N) is 1. The molecule has 1 fully saturated rings. The summed E-state index contributed by atoms with van der Waals surface area (Å²) in [6.07, 6.45) is 3.17. The normalized spacial score (nSPS) is 26.1. The zero-order chi connectivity index (χ0) is 13.2. The number of nitrogens with one attached hydrogen (secondary N) is 1. The molecule has 1 N–H and O–H groups in total. The predicted molar refractivity (Wildman–Crippen MR) is 75.1 cm³/mol. The van der Waals surface area contributed by atoms with Crippen molar-refractivity contribution in [3.05, 3.63) is 0 Å². The van der Waals surface area contributed by atoms with Gasteiger partial charge in [0.05, 0.1) is 12.2 Å². The Bertz CT molecular complexity index is 279. The largest absolute Gasteiger partial charge is 0.324 e. The van der Waals surface area contributed by atoms with E-state index in [2.05, 4.69) is 46.2 Å². The van der Waals surface area contributed by atoms with Crippen molar-refractivity contribution in [2.45, 2.75) is 58.0 Å². The number of carbonyl (C=O) groups excluding carboxylic acids is 1. The Kier molecular flexibility index (Phi) is 4.90. The molecule has 0 spiro atoms. The molecule has 1 aliphatic heterocycles. The molecule has 0 bridgehead atoms. The van der Waals surface area contributed by atoms with Gasteiger partial charge in [0.15, 0.2) is 0 Å². The summed E-state index contributed by atoms with van der Waals surface area (Å²) in [6, 6.07) is 0.0139. The lowest BCUT2D eigenvalue weighted by molar-refractivity contribution is -0.130. The molecule has 0 aromatic heterocycles. The van der Waals surface area contributed by atoms with Gasteiger partial charge in [-0.15, -0.1) is 0 Å². The molecule has 0 aliphatic carbocycles. The molecule has 2 unspecified atom stereocenters. The topological polar surface area (TPSA) is 32.3 Å². The first-order valence-electron chi connectivity index (χ1n) is 6.44. The summed E-state index contributed by atoms with van der Waals surface area (Å²) in [7, 11) is 0. The SMILES string of the molecule is CCC1NC(C(C)C)N(CC(C)(C)SC)C1=O. The Morgan fingerprint density at radius 1 is 1.47 bits per heavy atom. The molecule has 100 valence electrons. The van der Waals surface area contributed by atoms with Crippen LogP contribution in [0.5, 0.6) is 0 Å². The molecule has 17 heavy (non-hydrogen) atoms. The fourth-order valence-electron chi connectivity index (χ4n) is 2.20. The van der Waals surface area contributed by atoms with E-state index < -0.39 is 0 Å². The highest BCUT2D eigenvalue weighted by molar-refractivity contribution is 7.99. The van der Waals surface area contributed by atoms with Crippen LogP contribution >= 0.6 is 11.8 Å². The highest BCUT2D eigenvalue weighted by atomic mass is 32.2. The van der Waals surface area contributed by atoms with Crippen molar-refractivity contribution < 1.29 is 4.79 Å². The van der Waals surface area contributed by atoms with Gasteiger partial charge >= 0.3 is 0 Å². The second-order valence-corrected chi connectivity index (χ2v) is 7.26. The van der Waals surface area contributed by atoms with Gasteiger partial charge in [-0.25, -0.2) is 0 Å². The quantitative estimate of drug-likeness (QED) is 0.821. The van der Waals surface area contributed by atoms with Gasteiger partial charge in [0.2, 0.25) is 5.91 Å². The van der Waals surface area contributed by atoms with Gasteiger partial charge in [0.1, 0.15) is 0 Å². The molecule has 1 amide bonds. The van der Waals surface area contributed by atoms with E-state index in [4.69, 9.17) is 0 Å². The summed E-state index contributed by atoms with van der Waals surface area (Å²) in [5.41, 5.74) is 0. The first-order chi connectivity index (χ1) is 7.82. The zero-order valence-corrected chi connectivity index (χ0v) is 12.7. The predicted octanol–water partition coefficient (Wildman–Crippen LogP) is 2.32. The van der Waals surface area contributed by atoms with Crippen molar-refractivity contribution in [3.63, 3.8) is 0 Å². The van der Waals surface area contributed by atoms with Crippen LogP contribution in [0, 0.1) is 5.92 Å². The molecule has 1 heterocycles. The number of amides is 1. The van der Waals surface area contributed by atoms with Gasteiger partial charge in [0.25, 0.3) is 0 Å². The maximum absolute atomic E-state index is 12.3. The van der Waals surface area contributed by atoms with E-state index in [0.29, 0.717) is 5.92 Å². The molecular formula is C13H26N2OS. The van der Waals surface area contributed by atoms with Crippen LogP contribution in [0.3, 0.4) is 0 Å². The first kappa shape index (κ1) is 14.8. The summed E-state index contributed by atoms with van der Waals surface area (Å²) in [5, 5.41) is 3.45. The van der Waals surface area contributed by atoms with E-state index in [1.54, 1.807) is 0 Å². The van der Waals surface area contributed by atoms with Crippen molar-refractivity contribution in [2.75, 3.05) is 12.8 Å². The van der Waals surface area contributed by atoms with E-state index in [0.717, 1.165) is 13.0 Å². The fourth-order valence-corrected chi connectivity index (χ4v) is 2.47. The maximum Gasteiger partial charge on any atom is 0.241 e. The van der Waals surface area contributed by atoms with Crippen molar-refractivity contribution in [1.82, 2.24) is 10.2 Å². The molecular weight excluding hydrogens is 232 g/mol. The van der Waals surface area contributed by atoms with Gasteiger partial charge in [0, 0.05) is 11.3 Å². The second-order valence-electron chi connectivity index (χ2n) is 5.75. The smallest absolute Gasteiger partial charge is 0.241 e. The molecule has 1 rings (SSSR count). The average Bonchev–Trinajstić information content (AvgIpc) is 2.56. The fraction of sp³-hybridized carbons (Fsp3) is 0.923. The third kappa shape index (κ3) is 3.38. The minimum absolute atomic E-state index is 0.0139. The summed E-state index contributed by atoms with van der Waals surface area (Å²) in [6.45, 7) is 11.6. The number of hydrogen-bond acceptors (Lipinski definition) is 3. The van der Waals surface area contributed by atoms with Crippen LogP contribution in [0.25, 0.3) is 0 Å². The van der Waals surface area contributed by atoms with E-state index in [9.17, 15) is 4.79 Å². The van der Waals surface area contributed by atoms with Gasteiger partial charge in [-0.05, 0) is 32.4 Å². The Balaban J connectivity index is 2.82. The van der Waals surface area contributed by atoms with Crippen LogP contribution in [0.1, 0.15) is 41.0 Å². The molecule has 0 radical (unpaired) electrons. The highest BCUT2D eigenvalue weighted by Gasteiger charge is 2.41. The lowest BCUT2D eigenvalue weighted by Crippen LogP contribution is -2.46. The number of thioether (sulfide) groups is 1. The Hall–Kier alpha value is -0.220. The third-order valence-corrected chi connectivity index (χ3v) is 4.67. The molecule has 4 heteroatoms. The lowest BCUT2D eigenvalue weighted by Gasteiger charge is -2.34. The van der Waals surface area contributed by atoms with Gasteiger partial charge in [-0.3, -0.25) is 10.1 Å². The monoisotopic (exact) mass is 258 g/mol. The van der Waals surface area contributed by atoms with E-state index in [1.807, 2.05) is 16.7 Å². The van der Waals surface area contributed by atoms with Gasteiger partial charge < -0.3 is 4.90 Å². The second kappa shape index (κ2) is 5.61. The standard InChI is InChI=1S/C13H26N2OS/c1-7-10-12(16)15(8-13(4,5)17-6)11(14-10)9(2)3/h9-11,14H,7-8H2,1-6H3. The summed E-state index contributed by atoms with van der Waals surface area (Å²) in [5.74, 6) is 0.724. The molecule has 1 saturated heterocycles. The van der Waals surface area contributed by atoms with E-state index >= 15 is 0 Å². The van der Waals surface area contributed by atoms with Crippen LogP contribution in [0.2, 0.25) is 0 Å². The molecule has 1 aliphatic rings. The van der Waals surface area contributed by atoms with Crippen LogP contribution < -0.4 is 5.32 Å². The number of carbonyl (C=O) groups is 1. The number of rotatable bonds is 5. The Morgan fingerprint density at radius 2 is 2.06 bits per heavy atom. The van der Waals surface area contributed by atoms with Crippen molar-refractivity contribution >= 4 is 17.7 Å². The average molecular weight is 258 g/mol.